The van der Waals surface area contributed by atoms with Crippen molar-refractivity contribution in [3.63, 3.8) is 0 Å². The van der Waals surface area contributed by atoms with Crippen molar-refractivity contribution in [3.05, 3.63) is 51.8 Å². The summed E-state index contributed by atoms with van der Waals surface area (Å²) in [4.78, 5) is 20.9. The number of anilines is 1. The van der Waals surface area contributed by atoms with Crippen LogP contribution >= 0.6 is 11.3 Å². The van der Waals surface area contributed by atoms with Crippen LogP contribution in [0.4, 0.5) is 5.69 Å². The Kier molecular flexibility index (Phi) is 6.88. The van der Waals surface area contributed by atoms with Crippen molar-refractivity contribution in [1.29, 1.82) is 0 Å². The first kappa shape index (κ1) is 23.8. The summed E-state index contributed by atoms with van der Waals surface area (Å²) in [6, 6.07) is 9.51. The Labute approximate surface area is 203 Å². The predicted molar refractivity (Wildman–Crippen MR) is 137 cm³/mol. The van der Waals surface area contributed by atoms with Crippen LogP contribution in [0.15, 0.2) is 36.5 Å². The molecular weight excluding hydrogens is 448 g/mol. The lowest BCUT2D eigenvalue weighted by Crippen LogP contribution is -2.14. The number of nitrogens with one attached hydrogen (secondary N) is 1. The fourth-order valence-corrected chi connectivity index (χ4v) is 4.87. The van der Waals surface area contributed by atoms with Crippen molar-refractivity contribution in [2.24, 2.45) is 0 Å². The van der Waals surface area contributed by atoms with Crippen molar-refractivity contribution in [1.82, 2.24) is 14.8 Å². The summed E-state index contributed by atoms with van der Waals surface area (Å²) < 4.78 is 13.2. The highest BCUT2D eigenvalue weighted by Crippen LogP contribution is 2.34. The van der Waals surface area contributed by atoms with Crippen molar-refractivity contribution in [2.45, 2.75) is 47.6 Å². The van der Waals surface area contributed by atoms with Crippen LogP contribution in [0.1, 0.15) is 53.8 Å². The Morgan fingerprint density at radius 1 is 1.12 bits per heavy atom. The third-order valence-electron chi connectivity index (χ3n) is 5.43. The molecule has 0 radical (unpaired) electrons. The Morgan fingerprint density at radius 2 is 1.88 bits per heavy atom. The normalized spacial score (nSPS) is 11.3. The van der Waals surface area contributed by atoms with E-state index in [0.717, 1.165) is 16.1 Å². The van der Waals surface area contributed by atoms with E-state index in [9.17, 15) is 4.79 Å². The van der Waals surface area contributed by atoms with Crippen LogP contribution in [-0.4, -0.2) is 33.9 Å². The molecule has 0 bridgehead atoms. The summed E-state index contributed by atoms with van der Waals surface area (Å²) in [6.45, 7) is 13.1. The van der Waals surface area contributed by atoms with Gasteiger partial charge >= 0.3 is 0 Å². The maximum atomic E-state index is 13.6. The molecule has 4 aromatic rings. The molecule has 0 aliphatic heterocycles. The molecule has 0 spiro atoms. The van der Waals surface area contributed by atoms with Crippen LogP contribution in [-0.2, 0) is 0 Å². The van der Waals surface area contributed by atoms with E-state index in [1.54, 1.807) is 23.6 Å². The van der Waals surface area contributed by atoms with Crippen molar-refractivity contribution in [3.8, 4) is 22.8 Å². The van der Waals surface area contributed by atoms with Gasteiger partial charge in [-0.25, -0.2) is 9.67 Å². The van der Waals surface area contributed by atoms with E-state index < -0.39 is 0 Å². The molecule has 1 amide bonds. The van der Waals surface area contributed by atoms with E-state index >= 15 is 0 Å². The zero-order valence-electron chi connectivity index (χ0n) is 20.4. The summed E-state index contributed by atoms with van der Waals surface area (Å²) in [6.07, 6.45) is 1.72. The molecule has 3 aromatic heterocycles. The summed E-state index contributed by atoms with van der Waals surface area (Å²) >= 11 is 1.72. The monoisotopic (exact) mass is 478 g/mol. The first-order chi connectivity index (χ1) is 16.3. The van der Waals surface area contributed by atoms with Crippen molar-refractivity contribution in [2.75, 3.05) is 18.5 Å². The molecule has 0 aliphatic rings. The van der Waals surface area contributed by atoms with E-state index in [1.807, 2.05) is 50.6 Å². The lowest BCUT2D eigenvalue weighted by Gasteiger charge is -2.15. The Bertz CT molecular complexity index is 1340. The van der Waals surface area contributed by atoms with Crippen LogP contribution in [0.2, 0.25) is 0 Å². The number of nitrogens with zero attached hydrogens (tertiary/aromatic N) is 3. The second-order valence-electron chi connectivity index (χ2n) is 8.28. The first-order valence-corrected chi connectivity index (χ1v) is 12.3. The third-order valence-corrected chi connectivity index (χ3v) is 6.39. The average molecular weight is 479 g/mol. The molecule has 0 unspecified atom stereocenters. The van der Waals surface area contributed by atoms with Crippen LogP contribution in [0.5, 0.6) is 11.5 Å². The van der Waals surface area contributed by atoms with Crippen LogP contribution in [0, 0.1) is 13.8 Å². The van der Waals surface area contributed by atoms with Gasteiger partial charge in [0, 0.05) is 27.4 Å². The van der Waals surface area contributed by atoms with Crippen molar-refractivity contribution >= 4 is 34.0 Å². The first-order valence-electron chi connectivity index (χ1n) is 11.5. The standard InChI is InChI=1S/C26H30N4O3S/c1-7-32-18-9-10-24(33-8-2)23(12-18)29-26(31)20-13-22(19-11-16(5)34-17(19)6)28-25-21(20)14-27-30(25)15(3)4/h9-15H,7-8H2,1-6H3,(H,29,31). The highest BCUT2D eigenvalue weighted by atomic mass is 32.1. The molecule has 34 heavy (non-hydrogen) atoms. The van der Waals surface area contributed by atoms with Gasteiger partial charge in [-0.3, -0.25) is 4.79 Å². The van der Waals surface area contributed by atoms with E-state index in [2.05, 4.69) is 30.3 Å². The largest absolute Gasteiger partial charge is 0.494 e. The number of amides is 1. The molecule has 0 saturated carbocycles. The van der Waals surface area contributed by atoms with E-state index in [0.29, 0.717) is 47.0 Å². The Hall–Kier alpha value is -3.39. The van der Waals surface area contributed by atoms with Gasteiger partial charge in [0.25, 0.3) is 5.91 Å². The molecule has 0 fully saturated rings. The number of aromatic nitrogens is 3. The number of pyridine rings is 1. The quantitative estimate of drug-likeness (QED) is 0.317. The number of carbonyl (C=O) groups is 1. The molecule has 3 heterocycles. The maximum absolute atomic E-state index is 13.6. The molecule has 8 heteroatoms. The van der Waals surface area contributed by atoms with E-state index in [4.69, 9.17) is 14.5 Å². The van der Waals surface area contributed by atoms with Gasteiger partial charge in [-0.2, -0.15) is 5.10 Å². The third kappa shape index (κ3) is 4.63. The molecule has 0 atom stereocenters. The second kappa shape index (κ2) is 9.85. The highest BCUT2D eigenvalue weighted by molar-refractivity contribution is 7.12. The van der Waals surface area contributed by atoms with Gasteiger partial charge in [0.15, 0.2) is 5.65 Å². The smallest absolute Gasteiger partial charge is 0.256 e. The number of ether oxygens (including phenoxy) is 2. The summed E-state index contributed by atoms with van der Waals surface area (Å²) in [5, 5.41) is 8.27. The number of carbonyl (C=O) groups excluding carboxylic acids is 1. The van der Waals surface area contributed by atoms with Gasteiger partial charge in [-0.15, -0.1) is 11.3 Å². The molecule has 7 nitrogen and oxygen atoms in total. The number of aryl methyl sites for hydroxylation is 2. The zero-order chi connectivity index (χ0) is 24.4. The summed E-state index contributed by atoms with van der Waals surface area (Å²) in [7, 11) is 0. The average Bonchev–Trinajstić information content (AvgIpc) is 3.37. The number of fused-ring (bicyclic) bond motifs is 1. The van der Waals surface area contributed by atoms with E-state index in [1.165, 1.54) is 4.88 Å². The minimum absolute atomic E-state index is 0.105. The number of hydrogen-bond donors (Lipinski definition) is 1. The molecule has 0 saturated heterocycles. The zero-order valence-corrected chi connectivity index (χ0v) is 21.2. The van der Waals surface area contributed by atoms with Gasteiger partial charge in [0.2, 0.25) is 0 Å². The summed E-state index contributed by atoms with van der Waals surface area (Å²) in [5.41, 5.74) is 3.55. The van der Waals surface area contributed by atoms with Gasteiger partial charge in [-0.1, -0.05) is 0 Å². The van der Waals surface area contributed by atoms with Crippen LogP contribution in [0.3, 0.4) is 0 Å². The van der Waals surface area contributed by atoms with Gasteiger partial charge < -0.3 is 14.8 Å². The number of hydrogen-bond acceptors (Lipinski definition) is 6. The van der Waals surface area contributed by atoms with Crippen molar-refractivity contribution < 1.29 is 14.3 Å². The maximum Gasteiger partial charge on any atom is 0.256 e. The molecule has 178 valence electrons. The van der Waals surface area contributed by atoms with Crippen LogP contribution < -0.4 is 14.8 Å². The topological polar surface area (TPSA) is 78.3 Å². The SMILES string of the molecule is CCOc1ccc(OCC)c(NC(=O)c2cc(-c3cc(C)sc3C)nc3c2cnn3C(C)C)c1. The fourth-order valence-electron chi connectivity index (χ4n) is 3.94. The molecule has 4 rings (SSSR count). The molecule has 1 aromatic carbocycles. The van der Waals surface area contributed by atoms with Crippen LogP contribution in [0.25, 0.3) is 22.3 Å². The minimum atomic E-state index is -0.254. The summed E-state index contributed by atoms with van der Waals surface area (Å²) in [5.74, 6) is 1.00. The molecular formula is C26H30N4O3S. The molecule has 1 N–H and O–H groups in total. The predicted octanol–water partition coefficient (Wildman–Crippen LogP) is 6.41. The Balaban J connectivity index is 1.83. The number of benzene rings is 1. The Morgan fingerprint density at radius 3 is 2.53 bits per heavy atom. The minimum Gasteiger partial charge on any atom is -0.494 e. The lowest BCUT2D eigenvalue weighted by atomic mass is 10.1. The van der Waals surface area contributed by atoms with Gasteiger partial charge in [-0.05, 0) is 65.8 Å². The second-order valence-corrected chi connectivity index (χ2v) is 9.74. The van der Waals surface area contributed by atoms with E-state index in [-0.39, 0.29) is 11.9 Å². The van der Waals surface area contributed by atoms with Gasteiger partial charge in [0.05, 0.1) is 41.7 Å². The van der Waals surface area contributed by atoms with Gasteiger partial charge in [0.1, 0.15) is 11.5 Å². The fraction of sp³-hybridized carbons (Fsp3) is 0.346. The lowest BCUT2D eigenvalue weighted by molar-refractivity contribution is 0.102. The highest BCUT2D eigenvalue weighted by Gasteiger charge is 2.21. The number of thiophene rings is 1. The number of rotatable bonds is 8. The molecule has 0 aliphatic carbocycles.